The van der Waals surface area contributed by atoms with Crippen molar-refractivity contribution in [3.8, 4) is 0 Å². The summed E-state index contributed by atoms with van der Waals surface area (Å²) in [6.07, 6.45) is 1.18. The molecular formula is C22H22N4O4. The molecule has 1 aromatic heterocycles. The van der Waals surface area contributed by atoms with Crippen LogP contribution < -0.4 is 4.90 Å². The number of para-hydroxylation sites is 4. The molecule has 0 spiro atoms. The number of nitro benzene ring substituents is 1. The SMILES string of the molecule is Cc1nc2ccccc2nc1COC(=O)C1CCN(c2ccccc2[N+](=O)[O-])CC1. The van der Waals surface area contributed by atoms with Crippen LogP contribution in [0.15, 0.2) is 48.5 Å². The lowest BCUT2D eigenvalue weighted by molar-refractivity contribution is -0.384. The van der Waals surface area contributed by atoms with E-state index in [1.54, 1.807) is 18.2 Å². The number of aryl methyl sites for hydroxylation is 1. The van der Waals surface area contributed by atoms with Gasteiger partial charge in [0.2, 0.25) is 0 Å². The number of anilines is 1. The van der Waals surface area contributed by atoms with E-state index in [9.17, 15) is 14.9 Å². The first-order valence-corrected chi connectivity index (χ1v) is 9.90. The summed E-state index contributed by atoms with van der Waals surface area (Å²) in [4.78, 5) is 34.5. The van der Waals surface area contributed by atoms with Crippen LogP contribution in [0.4, 0.5) is 11.4 Å². The van der Waals surface area contributed by atoms with Crippen molar-refractivity contribution in [3.05, 3.63) is 70.0 Å². The molecule has 1 aliphatic rings. The number of ether oxygens (including phenoxy) is 1. The first kappa shape index (κ1) is 19.8. The molecule has 0 amide bonds. The predicted octanol–water partition coefficient (Wildman–Crippen LogP) is 3.81. The number of carbonyl (C=O) groups is 1. The van der Waals surface area contributed by atoms with Crippen LogP contribution in [-0.2, 0) is 16.1 Å². The molecule has 0 N–H and O–H groups in total. The highest BCUT2D eigenvalue weighted by molar-refractivity contribution is 5.75. The van der Waals surface area contributed by atoms with Crippen LogP contribution in [0.25, 0.3) is 11.0 Å². The van der Waals surface area contributed by atoms with E-state index in [2.05, 4.69) is 9.97 Å². The van der Waals surface area contributed by atoms with E-state index in [0.717, 1.165) is 16.7 Å². The number of esters is 1. The smallest absolute Gasteiger partial charge is 0.309 e. The van der Waals surface area contributed by atoms with Crippen molar-refractivity contribution in [2.45, 2.75) is 26.4 Å². The Bertz CT molecular complexity index is 1090. The van der Waals surface area contributed by atoms with E-state index in [0.29, 0.717) is 37.3 Å². The maximum atomic E-state index is 12.6. The Morgan fingerprint density at radius 1 is 1.10 bits per heavy atom. The van der Waals surface area contributed by atoms with Gasteiger partial charge < -0.3 is 9.64 Å². The minimum absolute atomic E-state index is 0.0869. The fourth-order valence-corrected chi connectivity index (χ4v) is 3.76. The highest BCUT2D eigenvalue weighted by Crippen LogP contribution is 2.31. The zero-order valence-corrected chi connectivity index (χ0v) is 16.7. The van der Waals surface area contributed by atoms with Crippen molar-refractivity contribution >= 4 is 28.4 Å². The second-order valence-electron chi connectivity index (χ2n) is 7.36. The van der Waals surface area contributed by atoms with Crippen LogP contribution >= 0.6 is 0 Å². The Labute approximate surface area is 173 Å². The molecule has 8 nitrogen and oxygen atoms in total. The van der Waals surface area contributed by atoms with Crippen LogP contribution in [0.2, 0.25) is 0 Å². The predicted molar refractivity (Wildman–Crippen MR) is 112 cm³/mol. The van der Waals surface area contributed by atoms with Crippen LogP contribution in [0, 0.1) is 23.0 Å². The second-order valence-corrected chi connectivity index (χ2v) is 7.36. The van der Waals surface area contributed by atoms with Gasteiger partial charge in [-0.2, -0.15) is 0 Å². The molecule has 1 fully saturated rings. The molecule has 0 bridgehead atoms. The third kappa shape index (κ3) is 4.07. The van der Waals surface area contributed by atoms with Gasteiger partial charge >= 0.3 is 5.97 Å². The molecule has 2 heterocycles. The topological polar surface area (TPSA) is 98.5 Å². The number of fused-ring (bicyclic) bond motifs is 1. The summed E-state index contributed by atoms with van der Waals surface area (Å²) in [7, 11) is 0. The fourth-order valence-electron chi connectivity index (χ4n) is 3.76. The summed E-state index contributed by atoms with van der Waals surface area (Å²) in [5, 5.41) is 11.3. The normalized spacial score (nSPS) is 14.6. The molecule has 8 heteroatoms. The van der Waals surface area contributed by atoms with E-state index in [4.69, 9.17) is 4.74 Å². The second kappa shape index (κ2) is 8.44. The lowest BCUT2D eigenvalue weighted by Crippen LogP contribution is -2.37. The van der Waals surface area contributed by atoms with Crippen LogP contribution in [0.1, 0.15) is 24.2 Å². The molecule has 0 atom stereocenters. The number of hydrogen-bond donors (Lipinski definition) is 0. The van der Waals surface area contributed by atoms with Crippen LogP contribution in [0.5, 0.6) is 0 Å². The molecule has 3 aromatic rings. The molecule has 1 aliphatic heterocycles. The minimum atomic E-state index is -0.372. The van der Waals surface area contributed by atoms with Gasteiger partial charge in [0, 0.05) is 19.2 Å². The largest absolute Gasteiger partial charge is 0.459 e. The Hall–Kier alpha value is -3.55. The van der Waals surface area contributed by atoms with Crippen molar-refractivity contribution in [3.63, 3.8) is 0 Å². The van der Waals surface area contributed by atoms with Gasteiger partial charge in [0.25, 0.3) is 5.69 Å². The Kier molecular flexibility index (Phi) is 5.56. The maximum absolute atomic E-state index is 12.6. The average Bonchev–Trinajstić information content (AvgIpc) is 2.77. The third-order valence-electron chi connectivity index (χ3n) is 5.44. The van der Waals surface area contributed by atoms with Gasteiger partial charge in [-0.1, -0.05) is 24.3 Å². The number of aromatic nitrogens is 2. The molecule has 1 saturated heterocycles. The van der Waals surface area contributed by atoms with Gasteiger partial charge in [0.05, 0.1) is 33.3 Å². The average molecular weight is 406 g/mol. The Balaban J connectivity index is 1.36. The molecule has 4 rings (SSSR count). The molecule has 154 valence electrons. The van der Waals surface area contributed by atoms with Gasteiger partial charge in [0.15, 0.2) is 0 Å². The molecular weight excluding hydrogens is 384 g/mol. The summed E-state index contributed by atoms with van der Waals surface area (Å²) >= 11 is 0. The number of rotatable bonds is 5. The lowest BCUT2D eigenvalue weighted by atomic mass is 9.96. The highest BCUT2D eigenvalue weighted by Gasteiger charge is 2.29. The zero-order chi connectivity index (χ0) is 21.1. The van der Waals surface area contributed by atoms with Crippen molar-refractivity contribution < 1.29 is 14.5 Å². The highest BCUT2D eigenvalue weighted by atomic mass is 16.6. The van der Waals surface area contributed by atoms with Crippen molar-refractivity contribution in [1.82, 2.24) is 9.97 Å². The number of carbonyl (C=O) groups excluding carboxylic acids is 1. The van der Waals surface area contributed by atoms with Gasteiger partial charge in [-0.15, -0.1) is 0 Å². The number of hydrogen-bond acceptors (Lipinski definition) is 7. The Morgan fingerprint density at radius 3 is 2.43 bits per heavy atom. The molecule has 0 radical (unpaired) electrons. The van der Waals surface area contributed by atoms with E-state index in [1.807, 2.05) is 36.1 Å². The first-order chi connectivity index (χ1) is 14.5. The molecule has 0 unspecified atom stereocenters. The maximum Gasteiger partial charge on any atom is 0.309 e. The monoisotopic (exact) mass is 406 g/mol. The Morgan fingerprint density at radius 2 is 1.73 bits per heavy atom. The summed E-state index contributed by atoms with van der Waals surface area (Å²) in [6, 6.07) is 14.3. The van der Waals surface area contributed by atoms with E-state index < -0.39 is 0 Å². The van der Waals surface area contributed by atoms with Crippen molar-refractivity contribution in [2.75, 3.05) is 18.0 Å². The standard InChI is InChI=1S/C22H22N4O4/c1-15-19(24-18-7-3-2-6-17(18)23-15)14-30-22(27)16-10-12-25(13-11-16)20-8-4-5-9-21(20)26(28)29/h2-9,16H,10-14H2,1H3. The zero-order valence-electron chi connectivity index (χ0n) is 16.7. The summed E-state index contributed by atoms with van der Waals surface area (Å²) in [5.41, 5.74) is 3.66. The van der Waals surface area contributed by atoms with Crippen LogP contribution in [-0.4, -0.2) is 34.0 Å². The summed E-state index contributed by atoms with van der Waals surface area (Å²) in [5.74, 6) is -0.482. The van der Waals surface area contributed by atoms with Crippen molar-refractivity contribution in [1.29, 1.82) is 0 Å². The van der Waals surface area contributed by atoms with Crippen LogP contribution in [0.3, 0.4) is 0 Å². The third-order valence-corrected chi connectivity index (χ3v) is 5.44. The van der Waals surface area contributed by atoms with E-state index in [1.165, 1.54) is 6.07 Å². The number of benzene rings is 2. The van der Waals surface area contributed by atoms with Gasteiger partial charge in [-0.05, 0) is 38.0 Å². The van der Waals surface area contributed by atoms with E-state index in [-0.39, 0.29) is 29.1 Å². The first-order valence-electron chi connectivity index (χ1n) is 9.90. The van der Waals surface area contributed by atoms with Gasteiger partial charge in [-0.25, -0.2) is 9.97 Å². The summed E-state index contributed by atoms with van der Waals surface area (Å²) in [6.45, 7) is 3.08. The van der Waals surface area contributed by atoms with Crippen molar-refractivity contribution in [2.24, 2.45) is 5.92 Å². The molecule has 30 heavy (non-hydrogen) atoms. The van der Waals surface area contributed by atoms with Gasteiger partial charge in [-0.3, -0.25) is 14.9 Å². The number of nitrogens with zero attached hydrogens (tertiary/aromatic N) is 4. The molecule has 0 aliphatic carbocycles. The quantitative estimate of drug-likeness (QED) is 0.361. The minimum Gasteiger partial charge on any atom is -0.459 e. The molecule has 0 saturated carbocycles. The number of piperidine rings is 1. The van der Waals surface area contributed by atoms with E-state index >= 15 is 0 Å². The van der Waals surface area contributed by atoms with Gasteiger partial charge in [0.1, 0.15) is 12.3 Å². The summed E-state index contributed by atoms with van der Waals surface area (Å²) < 4.78 is 5.53. The fraction of sp³-hybridized carbons (Fsp3) is 0.318. The lowest BCUT2D eigenvalue weighted by Gasteiger charge is -2.32. The number of nitro groups is 1. The molecule has 2 aromatic carbocycles.